The normalized spacial score (nSPS) is 17.3. The fraction of sp³-hybridized carbons (Fsp3) is 0.188. The van der Waals surface area contributed by atoms with Crippen molar-refractivity contribution in [3.63, 3.8) is 0 Å². The zero-order chi connectivity index (χ0) is 14.1. The molecule has 0 radical (unpaired) electrons. The van der Waals surface area contributed by atoms with Crippen molar-refractivity contribution in [2.45, 2.75) is 13.0 Å². The molecule has 0 spiro atoms. The first-order valence-corrected chi connectivity index (χ1v) is 6.48. The molecule has 1 amide bonds. The molecule has 2 aromatic carbocycles. The van der Waals surface area contributed by atoms with Crippen molar-refractivity contribution in [3.05, 3.63) is 59.9 Å². The van der Waals surface area contributed by atoms with E-state index in [9.17, 15) is 9.18 Å². The van der Waals surface area contributed by atoms with Gasteiger partial charge in [0, 0.05) is 5.56 Å². The molecule has 3 rings (SSSR count). The third-order valence-electron chi connectivity index (χ3n) is 3.24. The Morgan fingerprint density at radius 3 is 2.85 bits per heavy atom. The van der Waals surface area contributed by atoms with E-state index in [1.165, 1.54) is 12.1 Å². The van der Waals surface area contributed by atoms with Crippen molar-refractivity contribution in [2.75, 3.05) is 11.4 Å². The van der Waals surface area contributed by atoms with Gasteiger partial charge in [0.25, 0.3) is 5.91 Å². The van der Waals surface area contributed by atoms with Crippen molar-refractivity contribution in [3.8, 4) is 5.75 Å². The zero-order valence-electron chi connectivity index (χ0n) is 11.0. The summed E-state index contributed by atoms with van der Waals surface area (Å²) in [7, 11) is 0. The maximum atomic E-state index is 13.3. The fourth-order valence-electron chi connectivity index (χ4n) is 2.36. The van der Waals surface area contributed by atoms with E-state index >= 15 is 0 Å². The Bertz CT molecular complexity index is 656. The molecule has 1 aliphatic heterocycles. The first-order chi connectivity index (χ1) is 9.65. The highest BCUT2D eigenvalue weighted by atomic mass is 19.1. The third kappa shape index (κ3) is 2.25. The van der Waals surface area contributed by atoms with Gasteiger partial charge in [0.05, 0.1) is 12.2 Å². The summed E-state index contributed by atoms with van der Waals surface area (Å²) in [6, 6.07) is 13.1. The summed E-state index contributed by atoms with van der Waals surface area (Å²) in [4.78, 5) is 14.2. The van der Waals surface area contributed by atoms with Crippen LogP contribution in [0.4, 0.5) is 10.1 Å². The molecule has 0 unspecified atom stereocenters. The van der Waals surface area contributed by atoms with Gasteiger partial charge in [-0.25, -0.2) is 4.39 Å². The Kier molecular flexibility index (Phi) is 3.14. The molecule has 1 heterocycles. The lowest BCUT2D eigenvalue weighted by molar-refractivity contribution is 0.0960. The second kappa shape index (κ2) is 4.96. The topological polar surface area (TPSA) is 29.5 Å². The zero-order valence-corrected chi connectivity index (χ0v) is 11.0. The average molecular weight is 271 g/mol. The van der Waals surface area contributed by atoms with E-state index in [0.29, 0.717) is 17.9 Å². The van der Waals surface area contributed by atoms with Gasteiger partial charge in [0.2, 0.25) is 0 Å². The summed E-state index contributed by atoms with van der Waals surface area (Å²) in [5.41, 5.74) is 1.06. The summed E-state index contributed by atoms with van der Waals surface area (Å²) in [6.45, 7) is 2.36. The van der Waals surface area contributed by atoms with Crippen LogP contribution in [0.25, 0.3) is 0 Å². The number of benzene rings is 2. The predicted molar refractivity (Wildman–Crippen MR) is 74.6 cm³/mol. The molecule has 20 heavy (non-hydrogen) atoms. The monoisotopic (exact) mass is 271 g/mol. The van der Waals surface area contributed by atoms with Crippen molar-refractivity contribution in [1.82, 2.24) is 0 Å². The number of fused-ring (bicyclic) bond motifs is 1. The Balaban J connectivity index is 2.00. The summed E-state index contributed by atoms with van der Waals surface area (Å²) in [6.07, 6.45) is -0.0950. The van der Waals surface area contributed by atoms with E-state index in [1.54, 1.807) is 17.0 Å². The molecule has 0 fully saturated rings. The number of rotatable bonds is 1. The van der Waals surface area contributed by atoms with Gasteiger partial charge in [0.15, 0.2) is 0 Å². The Morgan fingerprint density at radius 2 is 2.05 bits per heavy atom. The SMILES string of the molecule is C[C@H]1CN(C(=O)c2cccc(F)c2)c2ccccc2O1. The highest BCUT2D eigenvalue weighted by Gasteiger charge is 2.28. The van der Waals surface area contributed by atoms with E-state index < -0.39 is 5.82 Å². The molecule has 1 aliphatic rings. The van der Waals surface area contributed by atoms with E-state index in [-0.39, 0.29) is 12.0 Å². The van der Waals surface area contributed by atoms with Gasteiger partial charge < -0.3 is 9.64 Å². The standard InChI is InChI=1S/C16H14FNO2/c1-11-10-18(14-7-2-3-8-15(14)20-11)16(19)12-5-4-6-13(17)9-12/h2-9,11H,10H2,1H3/t11-/m0/s1. The molecular weight excluding hydrogens is 257 g/mol. The van der Waals surface area contributed by atoms with Gasteiger partial charge in [-0.05, 0) is 37.3 Å². The third-order valence-corrected chi connectivity index (χ3v) is 3.24. The number of carbonyl (C=O) groups is 1. The molecule has 2 aromatic rings. The quantitative estimate of drug-likeness (QED) is 0.796. The summed E-state index contributed by atoms with van der Waals surface area (Å²) < 4.78 is 19.0. The number of amides is 1. The number of nitrogens with zero attached hydrogens (tertiary/aromatic N) is 1. The largest absolute Gasteiger partial charge is 0.487 e. The summed E-state index contributed by atoms with van der Waals surface area (Å²) >= 11 is 0. The van der Waals surface area contributed by atoms with Crippen LogP contribution >= 0.6 is 0 Å². The average Bonchev–Trinajstić information content (AvgIpc) is 2.45. The van der Waals surface area contributed by atoms with E-state index in [4.69, 9.17) is 4.74 Å². The van der Waals surface area contributed by atoms with Crippen LogP contribution < -0.4 is 9.64 Å². The van der Waals surface area contributed by atoms with Crippen molar-refractivity contribution in [2.24, 2.45) is 0 Å². The lowest BCUT2D eigenvalue weighted by atomic mass is 10.1. The lowest BCUT2D eigenvalue weighted by Crippen LogP contribution is -2.42. The van der Waals surface area contributed by atoms with Crippen molar-refractivity contribution < 1.29 is 13.9 Å². The number of anilines is 1. The van der Waals surface area contributed by atoms with Crippen molar-refractivity contribution in [1.29, 1.82) is 0 Å². The van der Waals surface area contributed by atoms with Crippen LogP contribution in [-0.4, -0.2) is 18.6 Å². The van der Waals surface area contributed by atoms with Gasteiger partial charge >= 0.3 is 0 Å². The highest BCUT2D eigenvalue weighted by Crippen LogP contribution is 2.33. The molecule has 3 nitrogen and oxygen atoms in total. The highest BCUT2D eigenvalue weighted by molar-refractivity contribution is 6.07. The summed E-state index contributed by atoms with van der Waals surface area (Å²) in [5.74, 6) is 0.0496. The first kappa shape index (κ1) is 12.7. The van der Waals surface area contributed by atoms with Crippen molar-refractivity contribution >= 4 is 11.6 Å². The molecule has 0 aromatic heterocycles. The van der Waals surface area contributed by atoms with Crippen LogP contribution in [0.3, 0.4) is 0 Å². The number of para-hydroxylation sites is 2. The van der Waals surface area contributed by atoms with Gasteiger partial charge in [-0.2, -0.15) is 0 Å². The minimum absolute atomic E-state index is 0.0950. The molecular formula is C16H14FNO2. The minimum atomic E-state index is -0.412. The van der Waals surface area contributed by atoms with Gasteiger partial charge in [-0.15, -0.1) is 0 Å². The molecule has 0 saturated heterocycles. The molecule has 1 atom stereocenters. The van der Waals surface area contributed by atoms with E-state index in [2.05, 4.69) is 0 Å². The van der Waals surface area contributed by atoms with Crippen LogP contribution in [0.5, 0.6) is 5.75 Å². The number of carbonyl (C=O) groups excluding carboxylic acids is 1. The fourth-order valence-corrected chi connectivity index (χ4v) is 2.36. The summed E-state index contributed by atoms with van der Waals surface area (Å²) in [5, 5.41) is 0. The number of ether oxygens (including phenoxy) is 1. The Morgan fingerprint density at radius 1 is 1.25 bits per heavy atom. The predicted octanol–water partition coefficient (Wildman–Crippen LogP) is 3.25. The van der Waals surface area contributed by atoms with Gasteiger partial charge in [0.1, 0.15) is 17.7 Å². The number of hydrogen-bond acceptors (Lipinski definition) is 2. The smallest absolute Gasteiger partial charge is 0.258 e. The maximum absolute atomic E-state index is 13.3. The second-order valence-electron chi connectivity index (χ2n) is 4.82. The van der Waals surface area contributed by atoms with Crippen LogP contribution in [0.15, 0.2) is 48.5 Å². The molecule has 0 saturated carbocycles. The number of halogens is 1. The Hall–Kier alpha value is -2.36. The molecule has 0 N–H and O–H groups in total. The second-order valence-corrected chi connectivity index (χ2v) is 4.82. The first-order valence-electron chi connectivity index (χ1n) is 6.48. The van der Waals surface area contributed by atoms with Crippen LogP contribution in [0, 0.1) is 5.82 Å². The molecule has 102 valence electrons. The lowest BCUT2D eigenvalue weighted by Gasteiger charge is -2.33. The molecule has 4 heteroatoms. The van der Waals surface area contributed by atoms with E-state index in [0.717, 1.165) is 5.69 Å². The van der Waals surface area contributed by atoms with Crippen LogP contribution in [0.2, 0.25) is 0 Å². The van der Waals surface area contributed by atoms with Crippen LogP contribution in [0.1, 0.15) is 17.3 Å². The molecule has 0 bridgehead atoms. The number of hydrogen-bond donors (Lipinski definition) is 0. The maximum Gasteiger partial charge on any atom is 0.258 e. The minimum Gasteiger partial charge on any atom is -0.487 e. The van der Waals surface area contributed by atoms with E-state index in [1.807, 2.05) is 31.2 Å². The molecule has 0 aliphatic carbocycles. The Labute approximate surface area is 116 Å². The van der Waals surface area contributed by atoms with Crippen LogP contribution in [-0.2, 0) is 0 Å². The van der Waals surface area contributed by atoms with Gasteiger partial charge in [-0.1, -0.05) is 18.2 Å². The van der Waals surface area contributed by atoms with Gasteiger partial charge in [-0.3, -0.25) is 4.79 Å².